The average molecular weight is 189 g/mol. The van der Waals surface area contributed by atoms with Crippen LogP contribution in [0.5, 0.6) is 5.75 Å². The topological polar surface area (TPSA) is 71.2 Å². The maximum Gasteiger partial charge on any atom is 0.140 e. The number of phenolic OH excluding ortho intramolecular Hbond substituents is 1. The van der Waals surface area contributed by atoms with Crippen molar-refractivity contribution in [1.82, 2.24) is 4.98 Å². The van der Waals surface area contributed by atoms with Crippen molar-refractivity contribution in [2.45, 2.75) is 6.92 Å². The molecule has 4 heteroatoms. The Labute approximate surface area is 81.4 Å². The first-order valence-corrected chi connectivity index (χ1v) is 4.27. The van der Waals surface area contributed by atoms with E-state index in [0.29, 0.717) is 5.82 Å². The van der Waals surface area contributed by atoms with Gasteiger partial charge in [0.05, 0.1) is 5.52 Å². The lowest BCUT2D eigenvalue weighted by Gasteiger charge is -2.05. The summed E-state index contributed by atoms with van der Waals surface area (Å²) in [4.78, 5) is 4.22. The van der Waals surface area contributed by atoms with Crippen LogP contribution in [0.2, 0.25) is 0 Å². The van der Waals surface area contributed by atoms with Crippen molar-refractivity contribution >= 4 is 16.7 Å². The van der Waals surface area contributed by atoms with Gasteiger partial charge in [-0.25, -0.2) is 10.8 Å². The van der Waals surface area contributed by atoms with Gasteiger partial charge in [0.15, 0.2) is 0 Å². The third kappa shape index (κ3) is 1.36. The van der Waals surface area contributed by atoms with Gasteiger partial charge in [-0.05, 0) is 30.7 Å². The molecule has 0 aliphatic heterocycles. The lowest BCUT2D eigenvalue weighted by Crippen LogP contribution is -2.08. The van der Waals surface area contributed by atoms with Crippen LogP contribution in [0, 0.1) is 6.92 Å². The van der Waals surface area contributed by atoms with Crippen LogP contribution in [0.1, 0.15) is 5.56 Å². The number of rotatable bonds is 1. The van der Waals surface area contributed by atoms with Crippen LogP contribution in [-0.4, -0.2) is 10.1 Å². The first kappa shape index (κ1) is 8.77. The zero-order valence-electron chi connectivity index (χ0n) is 7.78. The molecule has 1 aromatic carbocycles. The minimum Gasteiger partial charge on any atom is -0.508 e. The van der Waals surface area contributed by atoms with Gasteiger partial charge in [0, 0.05) is 11.5 Å². The third-order valence-corrected chi connectivity index (χ3v) is 2.15. The minimum atomic E-state index is 0.207. The van der Waals surface area contributed by atoms with Crippen molar-refractivity contribution in [1.29, 1.82) is 0 Å². The number of pyridine rings is 1. The largest absolute Gasteiger partial charge is 0.508 e. The van der Waals surface area contributed by atoms with Gasteiger partial charge in [-0.3, -0.25) is 0 Å². The van der Waals surface area contributed by atoms with Gasteiger partial charge in [-0.2, -0.15) is 0 Å². The van der Waals surface area contributed by atoms with Crippen LogP contribution in [0.3, 0.4) is 0 Å². The average Bonchev–Trinajstić information content (AvgIpc) is 2.16. The van der Waals surface area contributed by atoms with Gasteiger partial charge < -0.3 is 10.5 Å². The van der Waals surface area contributed by atoms with Gasteiger partial charge in [0.1, 0.15) is 11.6 Å². The summed E-state index contributed by atoms with van der Waals surface area (Å²) in [6, 6.07) is 6.96. The number of hydrazine groups is 1. The van der Waals surface area contributed by atoms with E-state index in [-0.39, 0.29) is 5.75 Å². The molecule has 1 heterocycles. The molecule has 0 bridgehead atoms. The monoisotopic (exact) mass is 189 g/mol. The highest BCUT2D eigenvalue weighted by Crippen LogP contribution is 2.23. The summed E-state index contributed by atoms with van der Waals surface area (Å²) >= 11 is 0. The standard InChI is InChI=1S/C10H11N3O/c1-6-4-10(13-11)12-9-5-7(14)2-3-8(6)9/h2-5,14H,11H2,1H3,(H,12,13). The molecule has 4 N–H and O–H groups in total. The fourth-order valence-corrected chi connectivity index (χ4v) is 1.46. The number of nitrogens with two attached hydrogens (primary N) is 1. The van der Waals surface area contributed by atoms with Crippen LogP contribution in [-0.2, 0) is 0 Å². The molecule has 0 spiro atoms. The smallest absolute Gasteiger partial charge is 0.140 e. The summed E-state index contributed by atoms with van der Waals surface area (Å²) in [5.41, 5.74) is 4.29. The molecule has 2 aromatic rings. The number of anilines is 1. The molecule has 14 heavy (non-hydrogen) atoms. The molecule has 0 amide bonds. The van der Waals surface area contributed by atoms with E-state index in [4.69, 9.17) is 5.84 Å². The van der Waals surface area contributed by atoms with E-state index in [1.165, 1.54) is 0 Å². The van der Waals surface area contributed by atoms with E-state index < -0.39 is 0 Å². The highest BCUT2D eigenvalue weighted by molar-refractivity contribution is 5.84. The number of benzene rings is 1. The Morgan fingerprint density at radius 3 is 2.86 bits per heavy atom. The number of hydrogen-bond donors (Lipinski definition) is 3. The summed E-state index contributed by atoms with van der Waals surface area (Å²) in [6.45, 7) is 1.97. The van der Waals surface area contributed by atoms with Crippen molar-refractivity contribution in [3.63, 3.8) is 0 Å². The first-order valence-electron chi connectivity index (χ1n) is 4.27. The van der Waals surface area contributed by atoms with E-state index in [0.717, 1.165) is 16.5 Å². The Hall–Kier alpha value is -1.81. The first-order chi connectivity index (χ1) is 6.70. The quantitative estimate of drug-likeness (QED) is 0.470. The number of aromatic hydroxyl groups is 1. The third-order valence-electron chi connectivity index (χ3n) is 2.15. The lowest BCUT2D eigenvalue weighted by molar-refractivity contribution is 0.476. The number of aromatic nitrogens is 1. The number of nitrogens with one attached hydrogen (secondary N) is 1. The van der Waals surface area contributed by atoms with Crippen molar-refractivity contribution in [2.24, 2.45) is 5.84 Å². The van der Waals surface area contributed by atoms with Gasteiger partial charge in [0.2, 0.25) is 0 Å². The predicted molar refractivity (Wildman–Crippen MR) is 56.0 cm³/mol. The molecule has 0 saturated carbocycles. The molecule has 1 aromatic heterocycles. The second-order valence-electron chi connectivity index (χ2n) is 3.17. The zero-order valence-corrected chi connectivity index (χ0v) is 7.78. The van der Waals surface area contributed by atoms with Gasteiger partial charge in [-0.1, -0.05) is 0 Å². The van der Waals surface area contributed by atoms with Crippen molar-refractivity contribution < 1.29 is 5.11 Å². The number of fused-ring (bicyclic) bond motifs is 1. The fraction of sp³-hybridized carbons (Fsp3) is 0.100. The molecule has 0 aliphatic carbocycles. The Morgan fingerprint density at radius 1 is 1.36 bits per heavy atom. The van der Waals surface area contributed by atoms with Gasteiger partial charge in [-0.15, -0.1) is 0 Å². The molecular formula is C10H11N3O. The molecule has 72 valence electrons. The molecule has 4 nitrogen and oxygen atoms in total. The highest BCUT2D eigenvalue weighted by Gasteiger charge is 2.02. The molecule has 0 radical (unpaired) electrons. The number of aryl methyl sites for hydroxylation is 1. The molecule has 0 atom stereocenters. The van der Waals surface area contributed by atoms with Crippen molar-refractivity contribution in [3.8, 4) is 5.75 Å². The Balaban J connectivity index is 2.77. The van der Waals surface area contributed by atoms with Crippen molar-refractivity contribution in [2.75, 3.05) is 5.43 Å². The normalized spacial score (nSPS) is 10.4. The molecule has 0 unspecified atom stereocenters. The van der Waals surface area contributed by atoms with Crippen molar-refractivity contribution in [3.05, 3.63) is 29.8 Å². The number of phenols is 1. The summed E-state index contributed by atoms with van der Waals surface area (Å²) in [5.74, 6) is 6.08. The maximum absolute atomic E-state index is 9.29. The summed E-state index contributed by atoms with van der Waals surface area (Å²) in [7, 11) is 0. The molecule has 0 fully saturated rings. The van der Waals surface area contributed by atoms with Crippen LogP contribution < -0.4 is 11.3 Å². The summed E-state index contributed by atoms with van der Waals surface area (Å²) < 4.78 is 0. The SMILES string of the molecule is Cc1cc(NN)nc2cc(O)ccc12. The maximum atomic E-state index is 9.29. The Bertz CT molecular complexity index is 482. The van der Waals surface area contributed by atoms with E-state index >= 15 is 0 Å². The van der Waals surface area contributed by atoms with Gasteiger partial charge in [0.25, 0.3) is 0 Å². The van der Waals surface area contributed by atoms with E-state index in [1.54, 1.807) is 12.1 Å². The second-order valence-corrected chi connectivity index (χ2v) is 3.17. The summed E-state index contributed by atoms with van der Waals surface area (Å²) in [6.07, 6.45) is 0. The van der Waals surface area contributed by atoms with E-state index in [9.17, 15) is 5.11 Å². The number of nitrogen functional groups attached to an aromatic ring is 1. The zero-order chi connectivity index (χ0) is 10.1. The van der Waals surface area contributed by atoms with Crippen LogP contribution in [0.15, 0.2) is 24.3 Å². The van der Waals surface area contributed by atoms with E-state index in [1.807, 2.05) is 19.1 Å². The number of nitrogens with zero attached hydrogens (tertiary/aromatic N) is 1. The van der Waals surface area contributed by atoms with Crippen LogP contribution >= 0.6 is 0 Å². The summed E-state index contributed by atoms with van der Waals surface area (Å²) in [5, 5.41) is 10.3. The second kappa shape index (κ2) is 3.16. The van der Waals surface area contributed by atoms with Crippen LogP contribution in [0.25, 0.3) is 10.9 Å². The molecule has 0 saturated heterocycles. The lowest BCUT2D eigenvalue weighted by atomic mass is 10.1. The number of hydrogen-bond acceptors (Lipinski definition) is 4. The Morgan fingerprint density at radius 2 is 2.14 bits per heavy atom. The molecular weight excluding hydrogens is 178 g/mol. The fourth-order valence-electron chi connectivity index (χ4n) is 1.46. The van der Waals surface area contributed by atoms with E-state index in [2.05, 4.69) is 10.4 Å². The molecule has 2 rings (SSSR count). The predicted octanol–water partition coefficient (Wildman–Crippen LogP) is 1.53. The minimum absolute atomic E-state index is 0.207. The molecule has 0 aliphatic rings. The highest BCUT2D eigenvalue weighted by atomic mass is 16.3. The van der Waals surface area contributed by atoms with Gasteiger partial charge >= 0.3 is 0 Å². The Kier molecular flexibility index (Phi) is 1.98. The van der Waals surface area contributed by atoms with Crippen LogP contribution in [0.4, 0.5) is 5.82 Å².